The summed E-state index contributed by atoms with van der Waals surface area (Å²) in [7, 11) is 0. The van der Waals surface area contributed by atoms with Gasteiger partial charge < -0.3 is 15.3 Å². The summed E-state index contributed by atoms with van der Waals surface area (Å²) in [5, 5.41) is 12.1. The number of hydrogen-bond acceptors (Lipinski definition) is 3. The van der Waals surface area contributed by atoms with Crippen molar-refractivity contribution in [1.82, 2.24) is 10.2 Å². The molecule has 0 aromatic rings. The van der Waals surface area contributed by atoms with Crippen molar-refractivity contribution in [1.29, 1.82) is 0 Å². The van der Waals surface area contributed by atoms with Gasteiger partial charge in [-0.05, 0) is 26.3 Å². The first-order valence-corrected chi connectivity index (χ1v) is 6.28. The van der Waals surface area contributed by atoms with E-state index in [-0.39, 0.29) is 17.9 Å². The summed E-state index contributed by atoms with van der Waals surface area (Å²) < 4.78 is 0. The van der Waals surface area contributed by atoms with Crippen LogP contribution in [0.1, 0.15) is 33.1 Å². The minimum Gasteiger partial charge on any atom is -0.481 e. The van der Waals surface area contributed by atoms with Crippen LogP contribution in [0, 0.1) is 5.92 Å². The number of carbonyl (C=O) groups excluding carboxylic acids is 1. The molecule has 2 atom stereocenters. The fourth-order valence-corrected chi connectivity index (χ4v) is 2.22. The van der Waals surface area contributed by atoms with E-state index in [0.717, 1.165) is 13.0 Å². The number of nitrogens with one attached hydrogen (secondary N) is 1. The molecule has 0 aromatic heterocycles. The second kappa shape index (κ2) is 6.59. The first kappa shape index (κ1) is 14.0. The molecule has 1 heterocycles. The molecule has 17 heavy (non-hydrogen) atoms. The normalized spacial score (nSPS) is 22.2. The number of aliphatic carboxylic acids is 1. The highest BCUT2D eigenvalue weighted by atomic mass is 16.4. The van der Waals surface area contributed by atoms with Crippen LogP contribution in [0.25, 0.3) is 0 Å². The first-order chi connectivity index (χ1) is 8.04. The van der Waals surface area contributed by atoms with Gasteiger partial charge in [-0.3, -0.25) is 9.59 Å². The molecule has 0 radical (unpaired) electrons. The second-order valence-electron chi connectivity index (χ2n) is 4.68. The van der Waals surface area contributed by atoms with E-state index in [2.05, 4.69) is 5.32 Å². The number of hydrogen-bond donors (Lipinski definition) is 2. The lowest BCUT2D eigenvalue weighted by molar-refractivity contribution is -0.145. The minimum absolute atomic E-state index is 0.0596. The van der Waals surface area contributed by atoms with Gasteiger partial charge in [0.05, 0.1) is 5.92 Å². The van der Waals surface area contributed by atoms with Crippen molar-refractivity contribution in [2.45, 2.75) is 39.2 Å². The summed E-state index contributed by atoms with van der Waals surface area (Å²) in [5.74, 6) is -1.12. The molecule has 1 saturated heterocycles. The van der Waals surface area contributed by atoms with Crippen molar-refractivity contribution < 1.29 is 14.7 Å². The highest BCUT2D eigenvalue weighted by molar-refractivity contribution is 5.78. The Morgan fingerprint density at radius 1 is 1.53 bits per heavy atom. The van der Waals surface area contributed by atoms with E-state index >= 15 is 0 Å². The number of nitrogens with zero attached hydrogens (tertiary/aromatic N) is 1. The molecule has 0 aliphatic carbocycles. The molecule has 98 valence electrons. The zero-order valence-electron chi connectivity index (χ0n) is 10.6. The zero-order valence-corrected chi connectivity index (χ0v) is 10.6. The second-order valence-corrected chi connectivity index (χ2v) is 4.68. The molecule has 1 rings (SSSR count). The van der Waals surface area contributed by atoms with Crippen molar-refractivity contribution in [3.8, 4) is 0 Å². The van der Waals surface area contributed by atoms with Crippen LogP contribution >= 0.6 is 0 Å². The molecule has 2 unspecified atom stereocenters. The van der Waals surface area contributed by atoms with Gasteiger partial charge in [-0.15, -0.1) is 0 Å². The number of piperidine rings is 1. The third-order valence-corrected chi connectivity index (χ3v) is 3.16. The minimum atomic E-state index is -0.790. The van der Waals surface area contributed by atoms with Crippen LogP contribution in [-0.4, -0.2) is 47.6 Å². The Balaban J connectivity index is 2.43. The zero-order chi connectivity index (χ0) is 12.8. The maximum absolute atomic E-state index is 11.9. The van der Waals surface area contributed by atoms with Gasteiger partial charge in [0.25, 0.3) is 0 Å². The Kier molecular flexibility index (Phi) is 5.41. The van der Waals surface area contributed by atoms with E-state index in [1.165, 1.54) is 0 Å². The Morgan fingerprint density at radius 3 is 2.82 bits per heavy atom. The number of carboxylic acid groups (broad SMARTS) is 1. The van der Waals surface area contributed by atoms with Crippen LogP contribution in [0.3, 0.4) is 0 Å². The van der Waals surface area contributed by atoms with Crippen molar-refractivity contribution in [3.05, 3.63) is 0 Å². The van der Waals surface area contributed by atoms with Crippen LogP contribution in [-0.2, 0) is 9.59 Å². The topological polar surface area (TPSA) is 69.6 Å². The van der Waals surface area contributed by atoms with Crippen molar-refractivity contribution in [2.24, 2.45) is 5.92 Å². The lowest BCUT2D eigenvalue weighted by Crippen LogP contribution is -2.44. The molecule has 2 N–H and O–H groups in total. The molecule has 0 bridgehead atoms. The molecule has 0 aromatic carbocycles. The van der Waals surface area contributed by atoms with Crippen molar-refractivity contribution in [2.75, 3.05) is 19.6 Å². The molecule has 1 amide bonds. The average molecular weight is 242 g/mol. The smallest absolute Gasteiger partial charge is 0.308 e. The molecule has 1 aliphatic heterocycles. The van der Waals surface area contributed by atoms with Crippen LogP contribution in [0.2, 0.25) is 0 Å². The van der Waals surface area contributed by atoms with E-state index in [1.54, 1.807) is 4.90 Å². The Labute approximate surface area is 102 Å². The summed E-state index contributed by atoms with van der Waals surface area (Å²) in [6.07, 6.45) is 1.92. The summed E-state index contributed by atoms with van der Waals surface area (Å²) >= 11 is 0. The molecular weight excluding hydrogens is 220 g/mol. The average Bonchev–Trinajstić information content (AvgIpc) is 2.29. The fourth-order valence-electron chi connectivity index (χ4n) is 2.22. The highest BCUT2D eigenvalue weighted by Gasteiger charge is 2.28. The molecule has 5 heteroatoms. The van der Waals surface area contributed by atoms with Crippen LogP contribution in [0.4, 0.5) is 0 Å². The summed E-state index contributed by atoms with van der Waals surface area (Å²) in [6.45, 7) is 5.88. The maximum Gasteiger partial charge on any atom is 0.308 e. The van der Waals surface area contributed by atoms with Crippen molar-refractivity contribution in [3.63, 3.8) is 0 Å². The van der Waals surface area contributed by atoms with E-state index in [0.29, 0.717) is 25.9 Å². The monoisotopic (exact) mass is 242 g/mol. The van der Waals surface area contributed by atoms with Gasteiger partial charge in [0.2, 0.25) is 5.91 Å². The predicted molar refractivity (Wildman–Crippen MR) is 64.7 cm³/mol. The Hall–Kier alpha value is -1.10. The quantitative estimate of drug-likeness (QED) is 0.744. The van der Waals surface area contributed by atoms with Gasteiger partial charge in [-0.25, -0.2) is 0 Å². The third-order valence-electron chi connectivity index (χ3n) is 3.16. The summed E-state index contributed by atoms with van der Waals surface area (Å²) in [6, 6.07) is 0.151. The summed E-state index contributed by atoms with van der Waals surface area (Å²) in [5.41, 5.74) is 0. The van der Waals surface area contributed by atoms with Gasteiger partial charge in [0.15, 0.2) is 0 Å². The first-order valence-electron chi connectivity index (χ1n) is 6.28. The highest BCUT2D eigenvalue weighted by Crippen LogP contribution is 2.17. The van der Waals surface area contributed by atoms with E-state index < -0.39 is 5.97 Å². The Morgan fingerprint density at radius 2 is 2.24 bits per heavy atom. The maximum atomic E-state index is 11.9. The molecular formula is C12H22N2O3. The lowest BCUT2D eigenvalue weighted by atomic mass is 9.98. The largest absolute Gasteiger partial charge is 0.481 e. The van der Waals surface area contributed by atoms with Gasteiger partial charge in [0.1, 0.15) is 0 Å². The number of carboxylic acids is 1. The number of carbonyl (C=O) groups is 2. The van der Waals surface area contributed by atoms with Crippen molar-refractivity contribution >= 4 is 11.9 Å². The molecule has 1 aliphatic rings. The van der Waals surface area contributed by atoms with Crippen LogP contribution < -0.4 is 5.32 Å². The molecule has 0 saturated carbocycles. The van der Waals surface area contributed by atoms with E-state index in [4.69, 9.17) is 5.11 Å². The molecule has 1 fully saturated rings. The molecule has 0 spiro atoms. The van der Waals surface area contributed by atoms with Gasteiger partial charge >= 0.3 is 5.97 Å². The number of likely N-dealkylation sites (tertiary alicyclic amines) is 1. The SMILES string of the molecule is CCNC(C)CC(=O)N1CCCC(C(=O)O)C1. The van der Waals surface area contributed by atoms with Gasteiger partial charge in [-0.1, -0.05) is 6.92 Å². The van der Waals surface area contributed by atoms with E-state index in [1.807, 2.05) is 13.8 Å². The van der Waals surface area contributed by atoms with E-state index in [9.17, 15) is 9.59 Å². The summed E-state index contributed by atoms with van der Waals surface area (Å²) in [4.78, 5) is 24.5. The fraction of sp³-hybridized carbons (Fsp3) is 0.833. The van der Waals surface area contributed by atoms with Gasteiger partial charge in [-0.2, -0.15) is 0 Å². The number of rotatable bonds is 5. The lowest BCUT2D eigenvalue weighted by Gasteiger charge is -2.31. The van der Waals surface area contributed by atoms with Crippen LogP contribution in [0.15, 0.2) is 0 Å². The third kappa shape index (κ3) is 4.34. The standard InChI is InChI=1S/C12H22N2O3/c1-3-13-9(2)7-11(15)14-6-4-5-10(8-14)12(16)17/h9-10,13H,3-8H2,1-2H3,(H,16,17). The Bertz CT molecular complexity index is 281. The van der Waals surface area contributed by atoms with Crippen LogP contribution in [0.5, 0.6) is 0 Å². The predicted octanol–water partition coefficient (Wildman–Crippen LogP) is 0.698. The number of amides is 1. The molecule has 5 nitrogen and oxygen atoms in total. The van der Waals surface area contributed by atoms with Gasteiger partial charge in [0, 0.05) is 25.6 Å².